The molecule has 192 valence electrons. The Morgan fingerprint density at radius 2 is 1.83 bits per heavy atom. The van der Waals surface area contributed by atoms with Gasteiger partial charge in [-0.05, 0) is 48.6 Å². The smallest absolute Gasteiger partial charge is 0.490 e. The highest BCUT2D eigenvalue weighted by molar-refractivity contribution is 5.98. The van der Waals surface area contributed by atoms with Gasteiger partial charge in [-0.25, -0.2) is 9.18 Å². The van der Waals surface area contributed by atoms with Crippen LogP contribution in [0.5, 0.6) is 11.5 Å². The Bertz CT molecular complexity index is 1200. The number of rotatable bonds is 8. The van der Waals surface area contributed by atoms with Crippen LogP contribution in [0.4, 0.5) is 17.6 Å². The monoisotopic (exact) mass is 510 g/mol. The lowest BCUT2D eigenvalue weighted by Crippen LogP contribution is -2.24. The molecule has 0 aliphatic heterocycles. The number of nitrogens with zero attached hydrogens (tertiary/aromatic N) is 3. The fourth-order valence-electron chi connectivity index (χ4n) is 2.97. The maximum atomic E-state index is 13.9. The van der Waals surface area contributed by atoms with Crippen LogP contribution in [-0.4, -0.2) is 51.6 Å². The summed E-state index contributed by atoms with van der Waals surface area (Å²) in [5.74, 6) is -2.35. The quantitative estimate of drug-likeness (QED) is 0.444. The molecule has 1 fully saturated rings. The van der Waals surface area contributed by atoms with Gasteiger partial charge >= 0.3 is 12.1 Å². The number of alkyl halides is 3. The van der Waals surface area contributed by atoms with Gasteiger partial charge in [0.05, 0.1) is 25.0 Å². The van der Waals surface area contributed by atoms with Gasteiger partial charge in [-0.1, -0.05) is 12.1 Å². The number of para-hydroxylation sites is 1. The van der Waals surface area contributed by atoms with E-state index in [1.165, 1.54) is 19.2 Å². The van der Waals surface area contributed by atoms with Crippen molar-refractivity contribution in [2.24, 2.45) is 5.92 Å². The molecule has 36 heavy (non-hydrogen) atoms. The van der Waals surface area contributed by atoms with E-state index in [2.05, 4.69) is 15.5 Å². The number of carboxylic acid groups (broad SMARTS) is 1. The van der Waals surface area contributed by atoms with E-state index in [4.69, 9.17) is 19.4 Å². The summed E-state index contributed by atoms with van der Waals surface area (Å²) < 4.78 is 58.3. The van der Waals surface area contributed by atoms with Crippen LogP contribution >= 0.6 is 0 Å². The number of ether oxygens (including phenoxy) is 2. The van der Waals surface area contributed by atoms with Crippen LogP contribution in [-0.2, 0) is 11.3 Å². The van der Waals surface area contributed by atoms with E-state index in [0.717, 1.165) is 12.8 Å². The minimum atomic E-state index is -5.08. The van der Waals surface area contributed by atoms with Crippen LogP contribution in [0.1, 0.15) is 28.8 Å². The predicted octanol–water partition coefficient (Wildman–Crippen LogP) is 3.77. The molecule has 1 aromatic heterocycles. The average Bonchev–Trinajstić information content (AvgIpc) is 3.51. The van der Waals surface area contributed by atoms with Crippen molar-refractivity contribution >= 4 is 11.9 Å². The van der Waals surface area contributed by atoms with E-state index < -0.39 is 18.0 Å². The molecule has 1 aliphatic rings. The van der Waals surface area contributed by atoms with Gasteiger partial charge < -0.3 is 19.9 Å². The summed E-state index contributed by atoms with van der Waals surface area (Å²) in [6.45, 7) is 0.738. The number of carboxylic acids is 1. The minimum absolute atomic E-state index is 0.164. The summed E-state index contributed by atoms with van der Waals surface area (Å²) in [6, 6.07) is 9.92. The minimum Gasteiger partial charge on any atom is -0.494 e. The van der Waals surface area contributed by atoms with E-state index in [1.54, 1.807) is 35.4 Å². The third-order valence-electron chi connectivity index (χ3n) is 5.01. The molecule has 1 aliphatic carbocycles. The summed E-state index contributed by atoms with van der Waals surface area (Å²) >= 11 is 0. The molecular formula is C23H22F4N4O5. The molecule has 9 nitrogen and oxygen atoms in total. The normalized spacial score (nSPS) is 12.8. The highest BCUT2D eigenvalue weighted by atomic mass is 19.4. The van der Waals surface area contributed by atoms with Crippen molar-refractivity contribution in [2.75, 3.05) is 13.7 Å². The maximum Gasteiger partial charge on any atom is 0.490 e. The lowest BCUT2D eigenvalue weighted by molar-refractivity contribution is -0.192. The van der Waals surface area contributed by atoms with Crippen molar-refractivity contribution in [3.05, 3.63) is 66.0 Å². The van der Waals surface area contributed by atoms with Gasteiger partial charge in [0.25, 0.3) is 5.91 Å². The third kappa shape index (κ3) is 7.17. The van der Waals surface area contributed by atoms with Gasteiger partial charge in [-0.3, -0.25) is 9.36 Å². The van der Waals surface area contributed by atoms with E-state index in [0.29, 0.717) is 35.1 Å². The third-order valence-corrected chi connectivity index (χ3v) is 5.01. The molecule has 3 aromatic rings. The number of hydrogen-bond acceptors (Lipinski definition) is 6. The zero-order valence-corrected chi connectivity index (χ0v) is 19.0. The second-order valence-electron chi connectivity index (χ2n) is 7.73. The first-order chi connectivity index (χ1) is 17.1. The number of methoxy groups -OCH3 is 1. The number of benzene rings is 2. The Balaban J connectivity index is 0.000000454. The molecular weight excluding hydrogens is 488 g/mol. The lowest BCUT2D eigenvalue weighted by atomic mass is 10.1. The number of aromatic nitrogens is 3. The molecule has 1 saturated carbocycles. The van der Waals surface area contributed by atoms with Gasteiger partial charge in [0.15, 0.2) is 17.3 Å². The van der Waals surface area contributed by atoms with Crippen LogP contribution in [0, 0.1) is 11.7 Å². The topological polar surface area (TPSA) is 116 Å². The second-order valence-corrected chi connectivity index (χ2v) is 7.73. The molecule has 0 bridgehead atoms. The van der Waals surface area contributed by atoms with Crippen LogP contribution in [0.15, 0.2) is 49.1 Å². The van der Waals surface area contributed by atoms with Crippen LogP contribution < -0.4 is 14.8 Å². The zero-order valence-electron chi connectivity index (χ0n) is 19.0. The predicted molar refractivity (Wildman–Crippen MR) is 117 cm³/mol. The van der Waals surface area contributed by atoms with Crippen LogP contribution in [0.2, 0.25) is 0 Å². The van der Waals surface area contributed by atoms with Gasteiger partial charge in [-0.2, -0.15) is 13.2 Å². The Morgan fingerprint density at radius 1 is 1.17 bits per heavy atom. The van der Waals surface area contributed by atoms with Gasteiger partial charge in [0.1, 0.15) is 12.7 Å². The van der Waals surface area contributed by atoms with Gasteiger partial charge in [0, 0.05) is 6.54 Å². The zero-order chi connectivity index (χ0) is 26.3. The van der Waals surface area contributed by atoms with Crippen LogP contribution in [0.25, 0.3) is 5.69 Å². The molecule has 4 rings (SSSR count). The lowest BCUT2D eigenvalue weighted by Gasteiger charge is -2.16. The number of amides is 1. The van der Waals surface area contributed by atoms with E-state index in [1.807, 2.05) is 6.07 Å². The van der Waals surface area contributed by atoms with Crippen molar-refractivity contribution in [1.29, 1.82) is 0 Å². The van der Waals surface area contributed by atoms with E-state index in [-0.39, 0.29) is 18.2 Å². The van der Waals surface area contributed by atoms with Gasteiger partial charge in [-0.15, -0.1) is 10.2 Å². The van der Waals surface area contributed by atoms with Crippen molar-refractivity contribution in [2.45, 2.75) is 25.6 Å². The average molecular weight is 510 g/mol. The molecule has 2 N–H and O–H groups in total. The molecule has 1 heterocycles. The number of halogens is 4. The first kappa shape index (κ1) is 26.4. The number of aliphatic carboxylic acids is 1. The number of hydrogen-bond donors (Lipinski definition) is 2. The molecule has 1 amide bonds. The Hall–Kier alpha value is -4.16. The molecule has 0 saturated heterocycles. The van der Waals surface area contributed by atoms with Crippen molar-refractivity contribution < 1.29 is 41.7 Å². The van der Waals surface area contributed by atoms with E-state index >= 15 is 0 Å². The summed E-state index contributed by atoms with van der Waals surface area (Å²) in [7, 11) is 1.41. The van der Waals surface area contributed by atoms with Crippen molar-refractivity contribution in [3.8, 4) is 17.2 Å². The van der Waals surface area contributed by atoms with Gasteiger partial charge in [0.2, 0.25) is 0 Å². The van der Waals surface area contributed by atoms with Crippen molar-refractivity contribution in [3.63, 3.8) is 0 Å². The second kappa shape index (κ2) is 11.5. The highest BCUT2D eigenvalue weighted by Crippen LogP contribution is 2.33. The molecule has 0 atom stereocenters. The molecule has 0 radical (unpaired) electrons. The SMILES string of the molecule is COc1ccc(CNC(=O)c2cccc(-n3cnnc3)c2OCC2CC2)cc1F.O=C(O)C(F)(F)F. The summed E-state index contributed by atoms with van der Waals surface area (Å²) in [5, 5.41) is 17.6. The fraction of sp³-hybridized carbons (Fsp3) is 0.304. The number of nitrogens with one attached hydrogen (secondary N) is 1. The fourth-order valence-corrected chi connectivity index (χ4v) is 2.97. The Labute approximate surface area is 202 Å². The van der Waals surface area contributed by atoms with Crippen molar-refractivity contribution in [1.82, 2.24) is 20.1 Å². The molecule has 0 spiro atoms. The van der Waals surface area contributed by atoms with E-state index in [9.17, 15) is 22.4 Å². The van der Waals surface area contributed by atoms with Crippen LogP contribution in [0.3, 0.4) is 0 Å². The molecule has 0 unspecified atom stereocenters. The Kier molecular flexibility index (Phi) is 8.46. The Morgan fingerprint density at radius 3 is 2.39 bits per heavy atom. The maximum absolute atomic E-state index is 13.9. The number of carbonyl (C=O) groups is 2. The summed E-state index contributed by atoms with van der Waals surface area (Å²) in [4.78, 5) is 21.8. The first-order valence-electron chi connectivity index (χ1n) is 10.6. The largest absolute Gasteiger partial charge is 0.494 e. The standard InChI is InChI=1S/C21H21FN4O3.C2HF3O2/c1-28-19-8-7-15(9-17(19)22)10-23-21(27)16-3-2-4-18(26-12-24-25-13-26)20(16)29-11-14-5-6-14;3-2(4,5)1(6)7/h2-4,7-9,12-14H,5-6,10-11H2,1H3,(H,23,27);(H,6,7). The summed E-state index contributed by atoms with van der Waals surface area (Å²) in [5.41, 5.74) is 1.73. The number of carbonyl (C=O) groups excluding carboxylic acids is 1. The highest BCUT2D eigenvalue weighted by Gasteiger charge is 2.38. The summed E-state index contributed by atoms with van der Waals surface area (Å²) in [6.07, 6.45) is 0.307. The molecule has 13 heteroatoms. The molecule has 2 aromatic carbocycles. The first-order valence-corrected chi connectivity index (χ1v) is 10.6.